The second-order valence-corrected chi connectivity index (χ2v) is 5.98. The maximum atomic E-state index is 11.3. The van der Waals surface area contributed by atoms with Crippen molar-refractivity contribution in [2.24, 2.45) is 5.16 Å². The highest BCUT2D eigenvalue weighted by atomic mass is 16.6. The lowest BCUT2D eigenvalue weighted by Crippen LogP contribution is -2.40. The van der Waals surface area contributed by atoms with Gasteiger partial charge in [0.2, 0.25) is 5.91 Å². The Bertz CT molecular complexity index is 737. The Balaban J connectivity index is 1.73. The quantitative estimate of drug-likeness (QED) is 0.935. The van der Waals surface area contributed by atoms with E-state index in [0.717, 1.165) is 5.56 Å². The molecule has 1 aromatic heterocycles. The molecule has 23 heavy (non-hydrogen) atoms. The Morgan fingerprint density at radius 2 is 2.04 bits per heavy atom. The summed E-state index contributed by atoms with van der Waals surface area (Å²) in [4.78, 5) is 21.1. The highest BCUT2D eigenvalue weighted by molar-refractivity contribution is 5.97. The van der Waals surface area contributed by atoms with Gasteiger partial charge in [0.1, 0.15) is 5.71 Å². The lowest BCUT2D eigenvalue weighted by atomic mass is 10.0. The molecular formula is C16H18N4O3. The van der Waals surface area contributed by atoms with Crippen molar-refractivity contribution in [3.05, 3.63) is 47.6 Å². The van der Waals surface area contributed by atoms with Crippen molar-refractivity contribution in [1.29, 1.82) is 0 Å². The van der Waals surface area contributed by atoms with Gasteiger partial charge in [0.05, 0.1) is 5.54 Å². The normalized spacial score (nSPS) is 17.5. The number of nitrogens with zero attached hydrogens (tertiary/aromatic N) is 3. The number of carbonyl (C=O) groups excluding carboxylic acids is 1. The fourth-order valence-electron chi connectivity index (χ4n) is 2.44. The first kappa shape index (κ1) is 15.2. The maximum Gasteiger partial charge on any atom is 0.275 e. The molecule has 0 aliphatic carbocycles. The maximum absolute atomic E-state index is 11.3. The van der Waals surface area contributed by atoms with Gasteiger partial charge in [-0.15, -0.1) is 0 Å². The van der Waals surface area contributed by atoms with Gasteiger partial charge >= 0.3 is 0 Å². The molecule has 1 atom stereocenters. The molecule has 0 spiro atoms. The zero-order chi connectivity index (χ0) is 16.4. The Hall–Kier alpha value is -2.70. The van der Waals surface area contributed by atoms with Gasteiger partial charge < -0.3 is 14.7 Å². The van der Waals surface area contributed by atoms with Crippen molar-refractivity contribution in [3.8, 4) is 0 Å². The summed E-state index contributed by atoms with van der Waals surface area (Å²) in [5.41, 5.74) is 0.938. The zero-order valence-electron chi connectivity index (χ0n) is 13.2. The van der Waals surface area contributed by atoms with E-state index in [1.807, 2.05) is 44.2 Å². The third kappa shape index (κ3) is 3.23. The molecule has 0 fully saturated rings. The summed E-state index contributed by atoms with van der Waals surface area (Å²) in [5, 5.41) is 10.8. The van der Waals surface area contributed by atoms with E-state index in [0.29, 0.717) is 23.8 Å². The van der Waals surface area contributed by atoms with E-state index in [9.17, 15) is 4.79 Å². The van der Waals surface area contributed by atoms with Crippen LogP contribution in [0.5, 0.6) is 0 Å². The summed E-state index contributed by atoms with van der Waals surface area (Å²) in [6.07, 6.45) is 0.413. The standard InChI is InChI=1S/C16H18N4O3/c1-10(21)18-16(2,3)15-17-14(23-20-15)12-9-13(22-19-12)11-7-5-4-6-8-11/h4-8,13H,9H2,1-3H3,(H,18,21). The minimum Gasteiger partial charge on any atom is -0.387 e. The van der Waals surface area contributed by atoms with Gasteiger partial charge in [-0.1, -0.05) is 40.6 Å². The molecule has 1 unspecified atom stereocenters. The first-order valence-electron chi connectivity index (χ1n) is 7.36. The lowest BCUT2D eigenvalue weighted by Gasteiger charge is -2.20. The molecule has 3 rings (SSSR count). The number of hydrogen-bond donors (Lipinski definition) is 1. The summed E-state index contributed by atoms with van der Waals surface area (Å²) in [6, 6.07) is 9.84. The van der Waals surface area contributed by atoms with Gasteiger partial charge in [-0.25, -0.2) is 0 Å². The summed E-state index contributed by atoms with van der Waals surface area (Å²) < 4.78 is 5.28. The molecule has 1 N–H and O–H groups in total. The number of rotatable bonds is 4. The highest BCUT2D eigenvalue weighted by Crippen LogP contribution is 2.29. The van der Waals surface area contributed by atoms with Crippen LogP contribution < -0.4 is 5.32 Å². The van der Waals surface area contributed by atoms with E-state index in [1.165, 1.54) is 6.92 Å². The molecule has 2 heterocycles. The summed E-state index contributed by atoms with van der Waals surface area (Å²) in [5.74, 6) is 0.553. The van der Waals surface area contributed by atoms with Crippen molar-refractivity contribution >= 4 is 11.6 Å². The van der Waals surface area contributed by atoms with E-state index in [4.69, 9.17) is 9.36 Å². The summed E-state index contributed by atoms with van der Waals surface area (Å²) in [7, 11) is 0. The Morgan fingerprint density at radius 3 is 2.74 bits per heavy atom. The molecule has 120 valence electrons. The van der Waals surface area contributed by atoms with E-state index in [-0.39, 0.29) is 12.0 Å². The molecular weight excluding hydrogens is 296 g/mol. The largest absolute Gasteiger partial charge is 0.387 e. The van der Waals surface area contributed by atoms with Crippen LogP contribution >= 0.6 is 0 Å². The number of amides is 1. The van der Waals surface area contributed by atoms with E-state index in [2.05, 4.69) is 20.6 Å². The van der Waals surface area contributed by atoms with Crippen LogP contribution in [0.1, 0.15) is 50.6 Å². The van der Waals surface area contributed by atoms with Crippen LogP contribution in [0.2, 0.25) is 0 Å². The van der Waals surface area contributed by atoms with Crippen LogP contribution in [0, 0.1) is 0 Å². The predicted molar refractivity (Wildman–Crippen MR) is 82.6 cm³/mol. The average Bonchev–Trinajstić information content (AvgIpc) is 3.16. The Labute approximate surface area is 133 Å². The molecule has 0 saturated carbocycles. The number of nitrogens with one attached hydrogen (secondary N) is 1. The lowest BCUT2D eigenvalue weighted by molar-refractivity contribution is -0.120. The first-order chi connectivity index (χ1) is 11.0. The Kier molecular flexibility index (Phi) is 3.85. The number of oxime groups is 1. The molecule has 1 aliphatic heterocycles. The highest BCUT2D eigenvalue weighted by Gasteiger charge is 2.31. The van der Waals surface area contributed by atoms with Gasteiger partial charge in [0, 0.05) is 13.3 Å². The third-order valence-electron chi connectivity index (χ3n) is 3.56. The molecule has 0 bridgehead atoms. The van der Waals surface area contributed by atoms with E-state index in [1.54, 1.807) is 0 Å². The first-order valence-corrected chi connectivity index (χ1v) is 7.36. The Morgan fingerprint density at radius 1 is 1.30 bits per heavy atom. The SMILES string of the molecule is CC(=O)NC(C)(C)c1noc(C2=NOC(c3ccccc3)C2)n1. The van der Waals surface area contributed by atoms with Crippen LogP contribution in [-0.4, -0.2) is 21.8 Å². The monoisotopic (exact) mass is 314 g/mol. The minimum atomic E-state index is -0.716. The summed E-state index contributed by atoms with van der Waals surface area (Å²) in [6.45, 7) is 5.06. The molecule has 0 saturated heterocycles. The molecule has 7 heteroatoms. The van der Waals surface area contributed by atoms with E-state index >= 15 is 0 Å². The average molecular weight is 314 g/mol. The minimum absolute atomic E-state index is 0.148. The fraction of sp³-hybridized carbons (Fsp3) is 0.375. The summed E-state index contributed by atoms with van der Waals surface area (Å²) >= 11 is 0. The number of benzene rings is 1. The van der Waals surface area contributed by atoms with Crippen LogP contribution in [0.4, 0.5) is 0 Å². The second-order valence-electron chi connectivity index (χ2n) is 5.98. The van der Waals surface area contributed by atoms with Crippen molar-refractivity contribution < 1.29 is 14.2 Å². The second kappa shape index (κ2) is 5.83. The van der Waals surface area contributed by atoms with Crippen molar-refractivity contribution in [2.75, 3.05) is 0 Å². The van der Waals surface area contributed by atoms with Crippen LogP contribution in [-0.2, 0) is 15.2 Å². The number of hydrogen-bond acceptors (Lipinski definition) is 6. The zero-order valence-corrected chi connectivity index (χ0v) is 13.2. The van der Waals surface area contributed by atoms with Gasteiger partial charge in [-0.2, -0.15) is 4.98 Å². The molecule has 2 aromatic rings. The fourth-order valence-corrected chi connectivity index (χ4v) is 2.44. The van der Waals surface area contributed by atoms with Gasteiger partial charge in [-0.3, -0.25) is 4.79 Å². The van der Waals surface area contributed by atoms with Crippen LogP contribution in [0.3, 0.4) is 0 Å². The van der Waals surface area contributed by atoms with Gasteiger partial charge in [0.25, 0.3) is 5.89 Å². The third-order valence-corrected chi connectivity index (χ3v) is 3.56. The molecule has 1 amide bonds. The molecule has 7 nitrogen and oxygen atoms in total. The van der Waals surface area contributed by atoms with Gasteiger partial charge in [-0.05, 0) is 19.4 Å². The van der Waals surface area contributed by atoms with E-state index < -0.39 is 5.54 Å². The molecule has 1 aliphatic rings. The van der Waals surface area contributed by atoms with Crippen molar-refractivity contribution in [3.63, 3.8) is 0 Å². The van der Waals surface area contributed by atoms with Crippen LogP contribution in [0.15, 0.2) is 40.0 Å². The van der Waals surface area contributed by atoms with Crippen molar-refractivity contribution in [2.45, 2.75) is 38.8 Å². The smallest absolute Gasteiger partial charge is 0.275 e. The molecule has 0 radical (unpaired) electrons. The number of aromatic nitrogens is 2. The molecule has 1 aromatic carbocycles. The van der Waals surface area contributed by atoms with Crippen LogP contribution in [0.25, 0.3) is 0 Å². The predicted octanol–water partition coefficient (Wildman–Crippen LogP) is 2.31. The van der Waals surface area contributed by atoms with Gasteiger partial charge in [0.15, 0.2) is 11.9 Å². The van der Waals surface area contributed by atoms with Crippen molar-refractivity contribution in [1.82, 2.24) is 15.5 Å². The topological polar surface area (TPSA) is 89.6 Å². The number of carbonyl (C=O) groups is 1.